The third-order valence-corrected chi connectivity index (χ3v) is 3.46. The number of rotatable bonds is 5. The summed E-state index contributed by atoms with van der Waals surface area (Å²) in [6, 6.07) is 0. The average molecular weight is 264 g/mol. The Morgan fingerprint density at radius 2 is 2.32 bits per heavy atom. The van der Waals surface area contributed by atoms with Gasteiger partial charge in [-0.05, 0) is 32.1 Å². The van der Waals surface area contributed by atoms with E-state index in [-0.39, 0.29) is 0 Å². The summed E-state index contributed by atoms with van der Waals surface area (Å²) in [5.41, 5.74) is 1.09. The Morgan fingerprint density at radius 1 is 1.47 bits per heavy atom. The molecule has 1 N–H and O–H groups in total. The lowest BCUT2D eigenvalue weighted by atomic mass is 9.99. The fourth-order valence-electron chi connectivity index (χ4n) is 2.39. The van der Waals surface area contributed by atoms with Gasteiger partial charge in [-0.2, -0.15) is 4.98 Å². The number of nitrogens with one attached hydrogen (secondary N) is 1. The van der Waals surface area contributed by atoms with Gasteiger partial charge in [0.15, 0.2) is 0 Å². The van der Waals surface area contributed by atoms with Gasteiger partial charge in [0.1, 0.15) is 5.82 Å². The third-order valence-electron chi connectivity index (χ3n) is 3.46. The van der Waals surface area contributed by atoms with Crippen molar-refractivity contribution in [2.75, 3.05) is 44.1 Å². The summed E-state index contributed by atoms with van der Waals surface area (Å²) in [4.78, 5) is 10.9. The lowest BCUT2D eigenvalue weighted by Crippen LogP contribution is -2.20. The first-order valence-electron chi connectivity index (χ1n) is 6.99. The molecule has 0 aliphatic carbocycles. The highest BCUT2D eigenvalue weighted by molar-refractivity contribution is 5.47. The molecule has 0 saturated carbocycles. The zero-order valence-electron chi connectivity index (χ0n) is 12.1. The van der Waals surface area contributed by atoms with E-state index in [4.69, 9.17) is 4.74 Å². The van der Waals surface area contributed by atoms with Crippen LogP contribution in [0.1, 0.15) is 24.8 Å². The van der Waals surface area contributed by atoms with Crippen LogP contribution in [0.3, 0.4) is 0 Å². The second-order valence-corrected chi connectivity index (χ2v) is 5.39. The molecule has 0 bridgehead atoms. The van der Waals surface area contributed by atoms with E-state index in [0.717, 1.165) is 37.6 Å². The lowest BCUT2D eigenvalue weighted by Gasteiger charge is -2.22. The summed E-state index contributed by atoms with van der Waals surface area (Å²) in [6.45, 7) is 4.76. The molecule has 106 valence electrons. The molecule has 2 heterocycles. The molecule has 19 heavy (non-hydrogen) atoms. The molecule has 5 nitrogen and oxygen atoms in total. The van der Waals surface area contributed by atoms with Gasteiger partial charge in [-0.3, -0.25) is 0 Å². The van der Waals surface area contributed by atoms with Crippen LogP contribution in [0.4, 0.5) is 11.8 Å². The third kappa shape index (κ3) is 4.06. The molecule has 1 aromatic rings. The Hall–Kier alpha value is -1.36. The number of nitrogens with zero attached hydrogens (tertiary/aromatic N) is 3. The fourth-order valence-corrected chi connectivity index (χ4v) is 2.39. The predicted molar refractivity (Wildman–Crippen MR) is 77.7 cm³/mol. The van der Waals surface area contributed by atoms with Crippen LogP contribution < -0.4 is 10.2 Å². The van der Waals surface area contributed by atoms with Crippen molar-refractivity contribution in [1.29, 1.82) is 0 Å². The minimum atomic E-state index is 0.681. The van der Waals surface area contributed by atoms with Crippen molar-refractivity contribution in [3.63, 3.8) is 0 Å². The summed E-state index contributed by atoms with van der Waals surface area (Å²) in [5, 5.41) is 3.31. The number of anilines is 2. The van der Waals surface area contributed by atoms with Gasteiger partial charge in [0.25, 0.3) is 0 Å². The Morgan fingerprint density at radius 3 is 3.00 bits per heavy atom. The van der Waals surface area contributed by atoms with E-state index < -0.39 is 0 Å². The van der Waals surface area contributed by atoms with Crippen molar-refractivity contribution >= 4 is 11.8 Å². The normalized spacial score (nSPS) is 19.2. The minimum absolute atomic E-state index is 0.681. The predicted octanol–water partition coefficient (Wildman–Crippen LogP) is 2.08. The summed E-state index contributed by atoms with van der Waals surface area (Å²) in [6.07, 6.45) is 5.46. The number of hydrogen-bond donors (Lipinski definition) is 1. The quantitative estimate of drug-likeness (QED) is 0.882. The van der Waals surface area contributed by atoms with E-state index in [0.29, 0.717) is 11.9 Å². The maximum Gasteiger partial charge on any atom is 0.224 e. The monoisotopic (exact) mass is 264 g/mol. The van der Waals surface area contributed by atoms with Crippen molar-refractivity contribution in [3.8, 4) is 0 Å². The van der Waals surface area contributed by atoms with Gasteiger partial charge < -0.3 is 15.0 Å². The van der Waals surface area contributed by atoms with Crippen molar-refractivity contribution in [1.82, 2.24) is 9.97 Å². The molecule has 0 spiro atoms. The first-order valence-corrected chi connectivity index (χ1v) is 6.99. The first kappa shape index (κ1) is 14.1. The molecule has 0 aromatic carbocycles. The van der Waals surface area contributed by atoms with Crippen LogP contribution in [0.5, 0.6) is 0 Å². The highest BCUT2D eigenvalue weighted by Gasteiger charge is 2.13. The van der Waals surface area contributed by atoms with E-state index in [1.165, 1.54) is 12.8 Å². The van der Waals surface area contributed by atoms with Gasteiger partial charge in [-0.15, -0.1) is 0 Å². The largest absolute Gasteiger partial charge is 0.381 e. The Kier molecular flexibility index (Phi) is 4.96. The van der Waals surface area contributed by atoms with Crippen molar-refractivity contribution in [3.05, 3.63) is 11.8 Å². The second kappa shape index (κ2) is 6.70. The summed E-state index contributed by atoms with van der Waals surface area (Å²) < 4.78 is 5.49. The Labute approximate surface area is 115 Å². The van der Waals surface area contributed by atoms with Crippen LogP contribution in [0.2, 0.25) is 0 Å². The molecule has 0 radical (unpaired) electrons. The zero-order valence-corrected chi connectivity index (χ0v) is 12.1. The van der Waals surface area contributed by atoms with Gasteiger partial charge in [-0.1, -0.05) is 0 Å². The van der Waals surface area contributed by atoms with E-state index in [9.17, 15) is 0 Å². The molecular weight excluding hydrogens is 240 g/mol. The van der Waals surface area contributed by atoms with Gasteiger partial charge >= 0.3 is 0 Å². The van der Waals surface area contributed by atoms with Crippen molar-refractivity contribution in [2.45, 2.75) is 26.2 Å². The Bertz CT molecular complexity index is 402. The smallest absolute Gasteiger partial charge is 0.224 e. The van der Waals surface area contributed by atoms with Gasteiger partial charge in [-0.25, -0.2) is 4.98 Å². The minimum Gasteiger partial charge on any atom is -0.381 e. The van der Waals surface area contributed by atoms with Crippen LogP contribution >= 0.6 is 0 Å². The molecule has 1 aliphatic heterocycles. The van der Waals surface area contributed by atoms with E-state index >= 15 is 0 Å². The molecule has 0 unspecified atom stereocenters. The van der Waals surface area contributed by atoms with Crippen LogP contribution in [0.15, 0.2) is 6.20 Å². The van der Waals surface area contributed by atoms with Gasteiger partial charge in [0.2, 0.25) is 5.95 Å². The SMILES string of the molecule is Cc1cnc(NCC[C@H]2CCCOC2)nc1N(C)C. The molecule has 2 rings (SSSR count). The zero-order chi connectivity index (χ0) is 13.7. The fraction of sp³-hybridized carbons (Fsp3) is 0.714. The summed E-state index contributed by atoms with van der Waals surface area (Å²) >= 11 is 0. The second-order valence-electron chi connectivity index (χ2n) is 5.39. The lowest BCUT2D eigenvalue weighted by molar-refractivity contribution is 0.0530. The maximum atomic E-state index is 5.49. The molecule has 0 amide bonds. The van der Waals surface area contributed by atoms with Crippen LogP contribution in [-0.4, -0.2) is 43.8 Å². The van der Waals surface area contributed by atoms with Gasteiger partial charge in [0, 0.05) is 45.6 Å². The van der Waals surface area contributed by atoms with Crippen LogP contribution in [-0.2, 0) is 4.74 Å². The summed E-state index contributed by atoms with van der Waals surface area (Å²) in [5.74, 6) is 2.37. The average Bonchev–Trinajstić information content (AvgIpc) is 2.41. The standard InChI is InChI=1S/C14H24N4O/c1-11-9-16-14(17-13(11)18(2)3)15-7-6-12-5-4-8-19-10-12/h9,12H,4-8,10H2,1-3H3,(H,15,16,17)/t12-/m1/s1. The van der Waals surface area contributed by atoms with Gasteiger partial charge in [0.05, 0.1) is 0 Å². The first-order chi connectivity index (χ1) is 9.16. The number of aryl methyl sites for hydroxylation is 1. The van der Waals surface area contributed by atoms with Crippen molar-refractivity contribution in [2.24, 2.45) is 5.92 Å². The topological polar surface area (TPSA) is 50.3 Å². The Balaban J connectivity index is 1.83. The molecule has 1 aromatic heterocycles. The maximum absolute atomic E-state index is 5.49. The van der Waals surface area contributed by atoms with Crippen LogP contribution in [0.25, 0.3) is 0 Å². The molecule has 5 heteroatoms. The molecule has 1 aliphatic rings. The number of ether oxygens (including phenoxy) is 1. The summed E-state index contributed by atoms with van der Waals surface area (Å²) in [7, 11) is 4.00. The van der Waals surface area contributed by atoms with E-state index in [1.807, 2.05) is 32.1 Å². The van der Waals surface area contributed by atoms with E-state index in [1.54, 1.807) is 0 Å². The highest BCUT2D eigenvalue weighted by Crippen LogP contribution is 2.18. The number of aromatic nitrogens is 2. The molecule has 1 fully saturated rings. The molecule has 1 saturated heterocycles. The van der Waals surface area contributed by atoms with E-state index in [2.05, 4.69) is 15.3 Å². The highest BCUT2D eigenvalue weighted by atomic mass is 16.5. The van der Waals surface area contributed by atoms with Crippen molar-refractivity contribution < 1.29 is 4.74 Å². The molecular formula is C14H24N4O. The molecule has 1 atom stereocenters. The van der Waals surface area contributed by atoms with Crippen LogP contribution in [0, 0.1) is 12.8 Å². The number of hydrogen-bond acceptors (Lipinski definition) is 5.